The molecule has 0 fully saturated rings. The van der Waals surface area contributed by atoms with Crippen LogP contribution in [0.15, 0.2) is 30.3 Å². The molecule has 0 heteroatoms. The monoisotopic (exact) mass is 215 g/mol. The Labute approximate surface area is 100 Å². The minimum absolute atomic E-state index is 1.21. The summed E-state index contributed by atoms with van der Waals surface area (Å²) in [5.41, 5.74) is 1.28. The molecule has 0 amide bonds. The lowest BCUT2D eigenvalue weighted by Crippen LogP contribution is -1.77. The number of hydrogen-bond acceptors (Lipinski definition) is 0. The standard InChI is InChI=1S/C16H23/c1-2-3-4-5-6-7-8-10-13-16-14-11-9-12-15-16/h10-15H,2-8H2,1H3/b13-10+. The molecule has 0 aliphatic heterocycles. The van der Waals surface area contributed by atoms with Gasteiger partial charge in [0.2, 0.25) is 0 Å². The zero-order chi connectivity index (χ0) is 11.5. The Morgan fingerprint density at radius 2 is 1.69 bits per heavy atom. The van der Waals surface area contributed by atoms with E-state index < -0.39 is 0 Å². The van der Waals surface area contributed by atoms with Crippen molar-refractivity contribution in [2.45, 2.75) is 51.9 Å². The Morgan fingerprint density at radius 1 is 1.00 bits per heavy atom. The first kappa shape index (κ1) is 13.0. The van der Waals surface area contributed by atoms with Gasteiger partial charge >= 0.3 is 0 Å². The van der Waals surface area contributed by atoms with Crippen molar-refractivity contribution >= 4 is 6.08 Å². The first-order valence-electron chi connectivity index (χ1n) is 6.56. The van der Waals surface area contributed by atoms with Crippen molar-refractivity contribution in [3.8, 4) is 0 Å². The molecule has 1 radical (unpaired) electrons. The fourth-order valence-electron chi connectivity index (χ4n) is 1.77. The van der Waals surface area contributed by atoms with Gasteiger partial charge in [-0.1, -0.05) is 75.4 Å². The average Bonchev–Trinajstić information content (AvgIpc) is 2.34. The van der Waals surface area contributed by atoms with Gasteiger partial charge in [-0.15, -0.1) is 0 Å². The molecule has 1 aromatic rings. The zero-order valence-corrected chi connectivity index (χ0v) is 10.4. The van der Waals surface area contributed by atoms with Crippen LogP contribution in [0, 0.1) is 6.07 Å². The van der Waals surface area contributed by atoms with Crippen molar-refractivity contribution in [3.05, 3.63) is 42.0 Å². The summed E-state index contributed by atoms with van der Waals surface area (Å²) in [7, 11) is 0. The van der Waals surface area contributed by atoms with Gasteiger partial charge in [0.05, 0.1) is 0 Å². The molecule has 0 atom stereocenters. The minimum Gasteiger partial charge on any atom is -0.0839 e. The highest BCUT2D eigenvalue weighted by Gasteiger charge is 1.88. The maximum Gasteiger partial charge on any atom is -0.0184 e. The Balaban J connectivity index is 2.01. The zero-order valence-electron chi connectivity index (χ0n) is 10.4. The van der Waals surface area contributed by atoms with Crippen LogP contribution in [-0.2, 0) is 0 Å². The summed E-state index contributed by atoms with van der Waals surface area (Å²) in [6.45, 7) is 2.26. The Morgan fingerprint density at radius 3 is 2.44 bits per heavy atom. The molecule has 0 aliphatic rings. The van der Waals surface area contributed by atoms with Crippen LogP contribution >= 0.6 is 0 Å². The lowest BCUT2D eigenvalue weighted by atomic mass is 10.1. The second kappa shape index (κ2) is 9.21. The minimum atomic E-state index is 1.21. The summed E-state index contributed by atoms with van der Waals surface area (Å²) in [4.78, 5) is 0. The van der Waals surface area contributed by atoms with E-state index in [4.69, 9.17) is 0 Å². The topological polar surface area (TPSA) is 0 Å². The normalized spacial score (nSPS) is 11.1. The van der Waals surface area contributed by atoms with Gasteiger partial charge in [-0.05, 0) is 24.5 Å². The molecule has 0 unspecified atom stereocenters. The Kier molecular flexibility index (Phi) is 7.49. The number of hydrogen-bond donors (Lipinski definition) is 0. The highest BCUT2D eigenvalue weighted by molar-refractivity contribution is 5.48. The number of allylic oxidation sites excluding steroid dienone is 1. The quantitative estimate of drug-likeness (QED) is 0.519. The van der Waals surface area contributed by atoms with Gasteiger partial charge in [-0.2, -0.15) is 0 Å². The van der Waals surface area contributed by atoms with Crippen LogP contribution in [-0.4, -0.2) is 0 Å². The molecule has 0 spiro atoms. The predicted molar refractivity (Wildman–Crippen MR) is 72.3 cm³/mol. The maximum absolute atomic E-state index is 3.03. The van der Waals surface area contributed by atoms with Gasteiger partial charge in [0.15, 0.2) is 0 Å². The van der Waals surface area contributed by atoms with Crippen molar-refractivity contribution in [2.24, 2.45) is 0 Å². The van der Waals surface area contributed by atoms with Crippen molar-refractivity contribution in [3.63, 3.8) is 0 Å². The first-order valence-corrected chi connectivity index (χ1v) is 6.56. The Hall–Kier alpha value is -1.04. The van der Waals surface area contributed by atoms with E-state index in [0.717, 1.165) is 0 Å². The molecule has 0 saturated carbocycles. The van der Waals surface area contributed by atoms with Gasteiger partial charge in [-0.25, -0.2) is 0 Å². The van der Waals surface area contributed by atoms with Crippen LogP contribution in [0.2, 0.25) is 0 Å². The SMILES string of the molecule is CCCCCCCC/C=C/c1cc[c]cc1. The van der Waals surface area contributed by atoms with E-state index in [1.54, 1.807) is 0 Å². The molecule has 0 aromatic heterocycles. The highest BCUT2D eigenvalue weighted by atomic mass is 13.9. The maximum atomic E-state index is 3.03. The molecule has 87 valence electrons. The van der Waals surface area contributed by atoms with Crippen molar-refractivity contribution in [1.82, 2.24) is 0 Å². The third-order valence-electron chi connectivity index (χ3n) is 2.78. The van der Waals surface area contributed by atoms with Gasteiger partial charge in [-0.3, -0.25) is 0 Å². The van der Waals surface area contributed by atoms with Crippen LogP contribution in [0.1, 0.15) is 57.4 Å². The van der Waals surface area contributed by atoms with E-state index in [-0.39, 0.29) is 0 Å². The van der Waals surface area contributed by atoms with Crippen LogP contribution in [0.5, 0.6) is 0 Å². The first-order chi connectivity index (χ1) is 7.93. The summed E-state index contributed by atoms with van der Waals surface area (Å²) >= 11 is 0. The van der Waals surface area contributed by atoms with Crippen molar-refractivity contribution in [1.29, 1.82) is 0 Å². The lowest BCUT2D eigenvalue weighted by molar-refractivity contribution is 0.611. The molecule has 0 saturated heterocycles. The van der Waals surface area contributed by atoms with E-state index in [1.165, 1.54) is 50.5 Å². The lowest BCUT2D eigenvalue weighted by Gasteiger charge is -1.97. The van der Waals surface area contributed by atoms with E-state index in [2.05, 4.69) is 37.3 Å². The fourth-order valence-corrected chi connectivity index (χ4v) is 1.77. The van der Waals surface area contributed by atoms with Crippen LogP contribution in [0.25, 0.3) is 6.08 Å². The van der Waals surface area contributed by atoms with E-state index in [9.17, 15) is 0 Å². The largest absolute Gasteiger partial charge is 0.0839 e. The van der Waals surface area contributed by atoms with Crippen LogP contribution < -0.4 is 0 Å². The summed E-state index contributed by atoms with van der Waals surface area (Å²) in [6.07, 6.45) is 14.0. The van der Waals surface area contributed by atoms with Crippen LogP contribution in [0.4, 0.5) is 0 Å². The molecule has 0 nitrogen and oxygen atoms in total. The Bertz CT molecular complexity index is 271. The summed E-state index contributed by atoms with van der Waals surface area (Å²) < 4.78 is 0. The van der Waals surface area contributed by atoms with Gasteiger partial charge < -0.3 is 0 Å². The molecule has 0 N–H and O–H groups in total. The highest BCUT2D eigenvalue weighted by Crippen LogP contribution is 2.08. The van der Waals surface area contributed by atoms with E-state index in [1.807, 2.05) is 12.1 Å². The second-order valence-electron chi connectivity index (χ2n) is 4.29. The van der Waals surface area contributed by atoms with Gasteiger partial charge in [0, 0.05) is 0 Å². The van der Waals surface area contributed by atoms with Gasteiger partial charge in [0.25, 0.3) is 0 Å². The second-order valence-corrected chi connectivity index (χ2v) is 4.29. The van der Waals surface area contributed by atoms with E-state index >= 15 is 0 Å². The van der Waals surface area contributed by atoms with E-state index in [0.29, 0.717) is 0 Å². The molecular weight excluding hydrogens is 192 g/mol. The number of benzene rings is 1. The molecular formula is C16H23. The smallest absolute Gasteiger partial charge is 0.0184 e. The van der Waals surface area contributed by atoms with Gasteiger partial charge in [0.1, 0.15) is 0 Å². The summed E-state index contributed by atoms with van der Waals surface area (Å²) in [5, 5.41) is 0. The summed E-state index contributed by atoms with van der Waals surface area (Å²) in [6, 6.07) is 11.1. The van der Waals surface area contributed by atoms with Crippen LogP contribution in [0.3, 0.4) is 0 Å². The molecule has 0 aliphatic carbocycles. The van der Waals surface area contributed by atoms with Crippen molar-refractivity contribution < 1.29 is 0 Å². The predicted octanol–water partition coefficient (Wildman–Crippen LogP) is 5.25. The molecule has 0 heterocycles. The third kappa shape index (κ3) is 6.44. The average molecular weight is 215 g/mol. The molecule has 16 heavy (non-hydrogen) atoms. The molecule has 0 bridgehead atoms. The third-order valence-corrected chi connectivity index (χ3v) is 2.78. The number of unbranched alkanes of at least 4 members (excludes halogenated alkanes) is 6. The summed E-state index contributed by atoms with van der Waals surface area (Å²) in [5.74, 6) is 0. The fraction of sp³-hybridized carbons (Fsp3) is 0.500. The molecule has 1 aromatic carbocycles. The molecule has 1 rings (SSSR count). The van der Waals surface area contributed by atoms with Crippen molar-refractivity contribution in [2.75, 3.05) is 0 Å². The number of rotatable bonds is 8.